The Balaban J connectivity index is 2.03. The first-order valence-corrected chi connectivity index (χ1v) is 5.11. The molecular weight excluding hydrogens is 229 g/mol. The van der Waals surface area contributed by atoms with Crippen LogP contribution >= 0.6 is 11.6 Å². The van der Waals surface area contributed by atoms with E-state index in [0.29, 0.717) is 12.4 Å². The molecule has 0 aliphatic rings. The Morgan fingerprint density at radius 1 is 1.25 bits per heavy atom. The summed E-state index contributed by atoms with van der Waals surface area (Å²) in [5.74, 6) is -0.232. The summed E-state index contributed by atoms with van der Waals surface area (Å²) in [6, 6.07) is 11.1. The van der Waals surface area contributed by atoms with Crippen LogP contribution in [0.3, 0.4) is 0 Å². The molecule has 0 saturated carbocycles. The molecule has 0 fully saturated rings. The molecular formula is C12H9ClFNO. The van der Waals surface area contributed by atoms with Gasteiger partial charge in [0.25, 0.3) is 0 Å². The van der Waals surface area contributed by atoms with E-state index in [1.54, 1.807) is 0 Å². The second-order valence-corrected chi connectivity index (χ2v) is 3.63. The standard InChI is InChI=1S/C12H9ClFNO/c13-11-6-10(7-15-12(11)14)16-8-9-4-2-1-3-5-9/h1-7H,8H2. The van der Waals surface area contributed by atoms with Gasteiger partial charge in [0, 0.05) is 6.07 Å². The molecule has 16 heavy (non-hydrogen) atoms. The molecule has 1 heterocycles. The summed E-state index contributed by atoms with van der Waals surface area (Å²) in [5, 5.41) is -0.0365. The van der Waals surface area contributed by atoms with E-state index in [9.17, 15) is 4.39 Å². The molecule has 2 nitrogen and oxygen atoms in total. The van der Waals surface area contributed by atoms with Gasteiger partial charge in [-0.3, -0.25) is 0 Å². The number of pyridine rings is 1. The van der Waals surface area contributed by atoms with Crippen molar-refractivity contribution in [1.82, 2.24) is 4.98 Å². The van der Waals surface area contributed by atoms with Crippen LogP contribution in [0.5, 0.6) is 5.75 Å². The molecule has 1 aromatic heterocycles. The zero-order valence-electron chi connectivity index (χ0n) is 8.36. The van der Waals surface area contributed by atoms with Crippen molar-refractivity contribution >= 4 is 11.6 Å². The molecule has 2 rings (SSSR count). The number of nitrogens with zero attached hydrogens (tertiary/aromatic N) is 1. The maximum absolute atomic E-state index is 12.8. The number of hydrogen-bond acceptors (Lipinski definition) is 2. The van der Waals surface area contributed by atoms with Gasteiger partial charge >= 0.3 is 0 Å². The van der Waals surface area contributed by atoms with Gasteiger partial charge in [0.2, 0.25) is 5.95 Å². The summed E-state index contributed by atoms with van der Waals surface area (Å²) in [4.78, 5) is 3.47. The average Bonchev–Trinajstić information content (AvgIpc) is 2.32. The van der Waals surface area contributed by atoms with E-state index in [1.165, 1.54) is 12.3 Å². The van der Waals surface area contributed by atoms with Gasteiger partial charge in [0.05, 0.1) is 11.2 Å². The summed E-state index contributed by atoms with van der Waals surface area (Å²) in [6.45, 7) is 0.407. The number of ether oxygens (including phenoxy) is 1. The van der Waals surface area contributed by atoms with E-state index in [0.717, 1.165) is 5.56 Å². The molecule has 82 valence electrons. The molecule has 0 radical (unpaired) electrons. The monoisotopic (exact) mass is 237 g/mol. The number of halogens is 2. The third-order valence-electron chi connectivity index (χ3n) is 2.02. The number of rotatable bonds is 3. The molecule has 0 unspecified atom stereocenters. The smallest absolute Gasteiger partial charge is 0.231 e. The predicted molar refractivity (Wildman–Crippen MR) is 60.0 cm³/mol. The molecule has 0 aliphatic heterocycles. The lowest BCUT2D eigenvalue weighted by atomic mass is 10.2. The molecule has 4 heteroatoms. The lowest BCUT2D eigenvalue weighted by molar-refractivity contribution is 0.304. The fourth-order valence-electron chi connectivity index (χ4n) is 1.22. The minimum Gasteiger partial charge on any atom is -0.487 e. The Bertz CT molecular complexity index is 476. The largest absolute Gasteiger partial charge is 0.487 e. The van der Waals surface area contributed by atoms with E-state index in [2.05, 4.69) is 4.98 Å². The Kier molecular flexibility index (Phi) is 3.37. The first kappa shape index (κ1) is 10.9. The zero-order chi connectivity index (χ0) is 11.4. The molecule has 1 aromatic carbocycles. The average molecular weight is 238 g/mol. The van der Waals surface area contributed by atoms with Crippen LogP contribution in [-0.4, -0.2) is 4.98 Å². The van der Waals surface area contributed by atoms with Crippen molar-refractivity contribution in [3.05, 3.63) is 59.1 Å². The van der Waals surface area contributed by atoms with Gasteiger partial charge in [-0.2, -0.15) is 4.39 Å². The molecule has 0 bridgehead atoms. The molecule has 2 aromatic rings. The predicted octanol–water partition coefficient (Wildman–Crippen LogP) is 3.45. The Morgan fingerprint density at radius 2 is 2.00 bits per heavy atom. The van der Waals surface area contributed by atoms with Crippen molar-refractivity contribution in [3.63, 3.8) is 0 Å². The van der Waals surface area contributed by atoms with Crippen molar-refractivity contribution in [3.8, 4) is 5.75 Å². The number of benzene rings is 1. The lowest BCUT2D eigenvalue weighted by Crippen LogP contribution is -1.96. The summed E-state index contributed by atoms with van der Waals surface area (Å²) >= 11 is 5.58. The molecule has 0 N–H and O–H groups in total. The van der Waals surface area contributed by atoms with E-state index in [4.69, 9.17) is 16.3 Å². The van der Waals surface area contributed by atoms with Crippen LogP contribution in [0.1, 0.15) is 5.56 Å². The fourth-order valence-corrected chi connectivity index (χ4v) is 1.38. The Hall–Kier alpha value is -1.61. The molecule has 0 spiro atoms. The third-order valence-corrected chi connectivity index (χ3v) is 2.28. The van der Waals surface area contributed by atoms with E-state index < -0.39 is 5.95 Å². The van der Waals surface area contributed by atoms with E-state index in [1.807, 2.05) is 30.3 Å². The van der Waals surface area contributed by atoms with Crippen LogP contribution in [0, 0.1) is 5.95 Å². The molecule has 0 atom stereocenters. The van der Waals surface area contributed by atoms with Crippen LogP contribution in [0.2, 0.25) is 5.02 Å². The topological polar surface area (TPSA) is 22.1 Å². The molecule has 0 saturated heterocycles. The Labute approximate surface area is 97.7 Å². The van der Waals surface area contributed by atoms with Crippen molar-refractivity contribution in [2.24, 2.45) is 0 Å². The highest BCUT2D eigenvalue weighted by atomic mass is 35.5. The van der Waals surface area contributed by atoms with Crippen molar-refractivity contribution in [2.45, 2.75) is 6.61 Å². The summed E-state index contributed by atoms with van der Waals surface area (Å²) in [6.07, 6.45) is 1.31. The van der Waals surface area contributed by atoms with E-state index >= 15 is 0 Å². The minimum atomic E-state index is -0.686. The van der Waals surface area contributed by atoms with Crippen molar-refractivity contribution in [2.75, 3.05) is 0 Å². The quantitative estimate of drug-likeness (QED) is 0.763. The van der Waals surface area contributed by atoms with Gasteiger partial charge < -0.3 is 4.74 Å². The van der Waals surface area contributed by atoms with Gasteiger partial charge in [0.15, 0.2) is 0 Å². The summed E-state index contributed by atoms with van der Waals surface area (Å²) < 4.78 is 18.2. The third kappa shape index (κ3) is 2.70. The second kappa shape index (κ2) is 4.94. The normalized spacial score (nSPS) is 10.1. The second-order valence-electron chi connectivity index (χ2n) is 3.22. The SMILES string of the molecule is Fc1ncc(OCc2ccccc2)cc1Cl. The van der Waals surface area contributed by atoms with Gasteiger partial charge in [-0.25, -0.2) is 4.98 Å². The van der Waals surface area contributed by atoms with Crippen LogP contribution in [0.25, 0.3) is 0 Å². The highest BCUT2D eigenvalue weighted by Crippen LogP contribution is 2.19. The van der Waals surface area contributed by atoms with Crippen molar-refractivity contribution < 1.29 is 9.13 Å². The first-order valence-electron chi connectivity index (χ1n) is 4.73. The van der Waals surface area contributed by atoms with E-state index in [-0.39, 0.29) is 5.02 Å². The van der Waals surface area contributed by atoms with Crippen LogP contribution in [-0.2, 0) is 6.61 Å². The fraction of sp³-hybridized carbons (Fsp3) is 0.0833. The zero-order valence-corrected chi connectivity index (χ0v) is 9.12. The highest BCUT2D eigenvalue weighted by Gasteiger charge is 2.03. The Morgan fingerprint density at radius 3 is 2.69 bits per heavy atom. The lowest BCUT2D eigenvalue weighted by Gasteiger charge is -2.05. The summed E-state index contributed by atoms with van der Waals surface area (Å²) in [5.41, 5.74) is 1.03. The maximum Gasteiger partial charge on any atom is 0.231 e. The van der Waals surface area contributed by atoms with Crippen LogP contribution < -0.4 is 4.74 Å². The molecule has 0 amide bonds. The number of aromatic nitrogens is 1. The minimum absolute atomic E-state index is 0.0365. The van der Waals surface area contributed by atoms with Crippen molar-refractivity contribution in [1.29, 1.82) is 0 Å². The van der Waals surface area contributed by atoms with Crippen LogP contribution in [0.15, 0.2) is 42.6 Å². The van der Waals surface area contributed by atoms with Gasteiger partial charge in [-0.05, 0) is 5.56 Å². The summed E-state index contributed by atoms with van der Waals surface area (Å²) in [7, 11) is 0. The maximum atomic E-state index is 12.8. The first-order chi connectivity index (χ1) is 7.75. The number of hydrogen-bond donors (Lipinski definition) is 0. The molecule has 0 aliphatic carbocycles. The van der Waals surface area contributed by atoms with Gasteiger partial charge in [-0.15, -0.1) is 0 Å². The van der Waals surface area contributed by atoms with Gasteiger partial charge in [0.1, 0.15) is 12.4 Å². The van der Waals surface area contributed by atoms with Crippen LogP contribution in [0.4, 0.5) is 4.39 Å². The van der Waals surface area contributed by atoms with Gasteiger partial charge in [-0.1, -0.05) is 41.9 Å². The highest BCUT2D eigenvalue weighted by molar-refractivity contribution is 6.30.